The van der Waals surface area contributed by atoms with E-state index >= 15 is 0 Å². The maximum absolute atomic E-state index is 9.02. The molecule has 0 aliphatic heterocycles. The SMILES string of the molecule is CCC(CCO)NC(CC)c1cccc(Br)c1. The number of nitrogens with one attached hydrogen (secondary N) is 1. The third-order valence-electron chi connectivity index (χ3n) is 3.07. The molecule has 0 aliphatic rings. The van der Waals surface area contributed by atoms with Crippen molar-refractivity contribution in [3.8, 4) is 0 Å². The van der Waals surface area contributed by atoms with Crippen LogP contribution in [-0.2, 0) is 0 Å². The van der Waals surface area contributed by atoms with Gasteiger partial charge in [-0.25, -0.2) is 0 Å². The van der Waals surface area contributed by atoms with Crippen LogP contribution in [0.1, 0.15) is 44.7 Å². The number of hydrogen-bond donors (Lipinski definition) is 2. The molecule has 2 N–H and O–H groups in total. The molecule has 2 unspecified atom stereocenters. The lowest BCUT2D eigenvalue weighted by atomic mass is 10.0. The van der Waals surface area contributed by atoms with Crippen LogP contribution in [0.5, 0.6) is 0 Å². The summed E-state index contributed by atoms with van der Waals surface area (Å²) in [4.78, 5) is 0. The molecule has 1 aromatic rings. The molecule has 0 amide bonds. The molecule has 0 spiro atoms. The molecule has 3 heteroatoms. The molecule has 96 valence electrons. The van der Waals surface area contributed by atoms with E-state index in [9.17, 15) is 0 Å². The Balaban J connectivity index is 2.70. The normalized spacial score (nSPS) is 14.6. The Hall–Kier alpha value is -0.380. The van der Waals surface area contributed by atoms with Crippen LogP contribution in [0.15, 0.2) is 28.7 Å². The molecular formula is C14H22BrNO. The third-order valence-corrected chi connectivity index (χ3v) is 3.56. The van der Waals surface area contributed by atoms with E-state index in [1.165, 1.54) is 5.56 Å². The summed E-state index contributed by atoms with van der Waals surface area (Å²) in [6.45, 7) is 4.59. The van der Waals surface area contributed by atoms with Crippen molar-refractivity contribution in [2.75, 3.05) is 6.61 Å². The highest BCUT2D eigenvalue weighted by atomic mass is 79.9. The largest absolute Gasteiger partial charge is 0.396 e. The van der Waals surface area contributed by atoms with E-state index in [1.54, 1.807) is 0 Å². The summed E-state index contributed by atoms with van der Waals surface area (Å²) in [5, 5.41) is 12.6. The molecule has 0 fully saturated rings. The first kappa shape index (κ1) is 14.7. The van der Waals surface area contributed by atoms with Crippen molar-refractivity contribution in [1.29, 1.82) is 0 Å². The van der Waals surface area contributed by atoms with Gasteiger partial charge in [-0.1, -0.05) is 41.9 Å². The predicted octanol–water partition coefficient (Wildman–Crippen LogP) is 3.65. The molecule has 1 aromatic carbocycles. The van der Waals surface area contributed by atoms with E-state index in [1.807, 2.05) is 6.07 Å². The first-order valence-corrected chi connectivity index (χ1v) is 7.12. The summed E-state index contributed by atoms with van der Waals surface area (Å²) >= 11 is 3.51. The lowest BCUT2D eigenvalue weighted by Gasteiger charge is -2.24. The van der Waals surface area contributed by atoms with E-state index in [4.69, 9.17) is 5.11 Å². The van der Waals surface area contributed by atoms with Gasteiger partial charge in [0.1, 0.15) is 0 Å². The Kier molecular flexibility index (Phi) is 6.78. The van der Waals surface area contributed by atoms with E-state index in [0.29, 0.717) is 12.1 Å². The van der Waals surface area contributed by atoms with Crippen LogP contribution >= 0.6 is 15.9 Å². The monoisotopic (exact) mass is 299 g/mol. The maximum atomic E-state index is 9.02. The number of aliphatic hydroxyl groups excluding tert-OH is 1. The maximum Gasteiger partial charge on any atom is 0.0445 e. The Morgan fingerprint density at radius 1 is 1.29 bits per heavy atom. The summed E-state index contributed by atoms with van der Waals surface area (Å²) in [6, 6.07) is 9.18. The van der Waals surface area contributed by atoms with Crippen LogP contribution in [-0.4, -0.2) is 17.8 Å². The second kappa shape index (κ2) is 7.85. The van der Waals surface area contributed by atoms with Gasteiger partial charge >= 0.3 is 0 Å². The fourth-order valence-electron chi connectivity index (χ4n) is 2.02. The van der Waals surface area contributed by atoms with Gasteiger partial charge in [0.2, 0.25) is 0 Å². The molecule has 2 atom stereocenters. The van der Waals surface area contributed by atoms with Gasteiger partial charge in [0.05, 0.1) is 0 Å². The minimum Gasteiger partial charge on any atom is -0.396 e. The molecule has 0 aromatic heterocycles. The summed E-state index contributed by atoms with van der Waals surface area (Å²) in [6.07, 6.45) is 2.92. The second-order valence-electron chi connectivity index (χ2n) is 4.30. The fourth-order valence-corrected chi connectivity index (χ4v) is 2.44. The molecule has 0 bridgehead atoms. The van der Waals surface area contributed by atoms with Gasteiger partial charge in [0.15, 0.2) is 0 Å². The van der Waals surface area contributed by atoms with E-state index in [-0.39, 0.29) is 6.61 Å². The minimum absolute atomic E-state index is 0.250. The van der Waals surface area contributed by atoms with Gasteiger partial charge in [0.25, 0.3) is 0 Å². The fraction of sp³-hybridized carbons (Fsp3) is 0.571. The molecule has 2 nitrogen and oxygen atoms in total. The summed E-state index contributed by atoms with van der Waals surface area (Å²) in [7, 11) is 0. The Bertz CT molecular complexity index is 330. The molecule has 0 saturated carbocycles. The van der Waals surface area contributed by atoms with Crippen molar-refractivity contribution in [3.63, 3.8) is 0 Å². The average Bonchev–Trinajstić information content (AvgIpc) is 2.34. The Labute approximate surface area is 113 Å². The van der Waals surface area contributed by atoms with Gasteiger partial charge in [-0.05, 0) is 37.0 Å². The topological polar surface area (TPSA) is 32.3 Å². The van der Waals surface area contributed by atoms with Crippen molar-refractivity contribution in [3.05, 3.63) is 34.3 Å². The van der Waals surface area contributed by atoms with Crippen LogP contribution in [0.4, 0.5) is 0 Å². The standard InChI is InChI=1S/C14H22BrNO/c1-3-13(8-9-17)16-14(4-2)11-6-5-7-12(15)10-11/h5-7,10,13-14,16-17H,3-4,8-9H2,1-2H3. The van der Waals surface area contributed by atoms with Crippen molar-refractivity contribution in [2.45, 2.75) is 45.2 Å². The van der Waals surface area contributed by atoms with Crippen molar-refractivity contribution in [2.24, 2.45) is 0 Å². The molecule has 1 rings (SSSR count). The number of halogens is 1. The smallest absolute Gasteiger partial charge is 0.0445 e. The van der Waals surface area contributed by atoms with Gasteiger partial charge in [-0.2, -0.15) is 0 Å². The zero-order valence-corrected chi connectivity index (χ0v) is 12.2. The molecule has 0 saturated heterocycles. The van der Waals surface area contributed by atoms with Gasteiger partial charge in [-0.15, -0.1) is 0 Å². The van der Waals surface area contributed by atoms with Gasteiger partial charge in [-0.3, -0.25) is 0 Å². The van der Waals surface area contributed by atoms with Crippen molar-refractivity contribution >= 4 is 15.9 Å². The summed E-state index contributed by atoms with van der Waals surface area (Å²) in [5.74, 6) is 0. The van der Waals surface area contributed by atoms with Crippen LogP contribution in [0.2, 0.25) is 0 Å². The molecule has 17 heavy (non-hydrogen) atoms. The lowest BCUT2D eigenvalue weighted by molar-refractivity contribution is 0.254. The first-order chi connectivity index (χ1) is 8.21. The number of aliphatic hydroxyl groups is 1. The van der Waals surface area contributed by atoms with E-state index in [2.05, 4.69) is 53.3 Å². The average molecular weight is 300 g/mol. The van der Waals surface area contributed by atoms with Gasteiger partial charge in [0, 0.05) is 23.2 Å². The van der Waals surface area contributed by atoms with Crippen molar-refractivity contribution in [1.82, 2.24) is 5.32 Å². The van der Waals surface area contributed by atoms with Crippen LogP contribution in [0.3, 0.4) is 0 Å². The minimum atomic E-state index is 0.250. The lowest BCUT2D eigenvalue weighted by Crippen LogP contribution is -2.33. The first-order valence-electron chi connectivity index (χ1n) is 6.33. The Morgan fingerprint density at radius 3 is 2.59 bits per heavy atom. The number of hydrogen-bond acceptors (Lipinski definition) is 2. The summed E-state index contributed by atoms with van der Waals surface area (Å²) in [5.41, 5.74) is 1.30. The zero-order chi connectivity index (χ0) is 12.7. The van der Waals surface area contributed by atoms with E-state index in [0.717, 1.165) is 23.7 Å². The number of rotatable bonds is 7. The highest BCUT2D eigenvalue weighted by Crippen LogP contribution is 2.21. The van der Waals surface area contributed by atoms with Crippen LogP contribution < -0.4 is 5.32 Å². The highest BCUT2D eigenvalue weighted by molar-refractivity contribution is 9.10. The molecule has 0 aliphatic carbocycles. The van der Waals surface area contributed by atoms with Crippen LogP contribution in [0.25, 0.3) is 0 Å². The van der Waals surface area contributed by atoms with E-state index < -0.39 is 0 Å². The summed E-state index contributed by atoms with van der Waals surface area (Å²) < 4.78 is 1.12. The Morgan fingerprint density at radius 2 is 2.06 bits per heavy atom. The van der Waals surface area contributed by atoms with Gasteiger partial charge < -0.3 is 10.4 Å². The molecule has 0 heterocycles. The van der Waals surface area contributed by atoms with Crippen molar-refractivity contribution < 1.29 is 5.11 Å². The number of benzene rings is 1. The quantitative estimate of drug-likeness (QED) is 0.805. The predicted molar refractivity (Wildman–Crippen MR) is 76.1 cm³/mol. The zero-order valence-electron chi connectivity index (χ0n) is 10.6. The highest BCUT2D eigenvalue weighted by Gasteiger charge is 2.14. The second-order valence-corrected chi connectivity index (χ2v) is 5.22. The molecule has 0 radical (unpaired) electrons. The third kappa shape index (κ3) is 4.78. The van der Waals surface area contributed by atoms with Crippen LogP contribution in [0, 0.1) is 0 Å². The molecular weight excluding hydrogens is 278 g/mol.